The average Bonchev–Trinajstić information content (AvgIpc) is 2.56. The smallest absolute Gasteiger partial charge is 0.256 e. The molecule has 0 aromatic heterocycles. The lowest BCUT2D eigenvalue weighted by atomic mass is 9.97. The summed E-state index contributed by atoms with van der Waals surface area (Å²) in [5.74, 6) is -1.29. The minimum atomic E-state index is -0.761. The SMILES string of the molecule is C=CCC(C(=O)CCOCc1ccccc1)C(=O)N(C)OC. The van der Waals surface area contributed by atoms with Crippen LogP contribution in [-0.4, -0.2) is 37.5 Å². The van der Waals surface area contributed by atoms with Crippen LogP contribution in [0.15, 0.2) is 43.0 Å². The first-order valence-corrected chi connectivity index (χ1v) is 7.17. The fourth-order valence-electron chi connectivity index (χ4n) is 1.96. The summed E-state index contributed by atoms with van der Waals surface area (Å²) in [5.41, 5.74) is 1.05. The van der Waals surface area contributed by atoms with Crippen molar-refractivity contribution < 1.29 is 19.2 Å². The van der Waals surface area contributed by atoms with Gasteiger partial charge in [-0.2, -0.15) is 0 Å². The lowest BCUT2D eigenvalue weighted by Crippen LogP contribution is -2.36. The Morgan fingerprint density at radius 3 is 2.59 bits per heavy atom. The fourth-order valence-corrected chi connectivity index (χ4v) is 1.96. The third kappa shape index (κ3) is 5.79. The number of benzene rings is 1. The fraction of sp³-hybridized carbons (Fsp3) is 0.412. The van der Waals surface area contributed by atoms with Crippen LogP contribution in [0.4, 0.5) is 0 Å². The molecule has 0 saturated heterocycles. The highest BCUT2D eigenvalue weighted by Crippen LogP contribution is 2.12. The van der Waals surface area contributed by atoms with Crippen LogP contribution >= 0.6 is 0 Å². The molecule has 5 nitrogen and oxygen atoms in total. The van der Waals surface area contributed by atoms with Gasteiger partial charge in [-0.1, -0.05) is 36.4 Å². The molecule has 0 aliphatic rings. The van der Waals surface area contributed by atoms with Gasteiger partial charge < -0.3 is 4.74 Å². The topological polar surface area (TPSA) is 55.8 Å². The van der Waals surface area contributed by atoms with Crippen molar-refractivity contribution in [2.45, 2.75) is 19.4 Å². The first-order chi connectivity index (χ1) is 10.6. The summed E-state index contributed by atoms with van der Waals surface area (Å²) in [6.45, 7) is 4.33. The molecule has 0 spiro atoms. The largest absolute Gasteiger partial charge is 0.376 e. The number of Topliss-reactive ketones (excluding diaryl/α,β-unsaturated/α-hetero) is 1. The summed E-state index contributed by atoms with van der Waals surface area (Å²) < 4.78 is 5.48. The molecule has 0 aliphatic heterocycles. The van der Waals surface area contributed by atoms with E-state index in [-0.39, 0.29) is 24.7 Å². The molecule has 1 unspecified atom stereocenters. The van der Waals surface area contributed by atoms with Crippen molar-refractivity contribution in [1.82, 2.24) is 5.06 Å². The number of rotatable bonds is 10. The summed E-state index contributed by atoms with van der Waals surface area (Å²) in [6.07, 6.45) is 2.05. The third-order valence-corrected chi connectivity index (χ3v) is 3.28. The maximum absolute atomic E-state index is 12.2. The molecule has 0 aliphatic carbocycles. The molecule has 5 heteroatoms. The molecule has 1 atom stereocenters. The first-order valence-electron chi connectivity index (χ1n) is 7.17. The zero-order valence-electron chi connectivity index (χ0n) is 13.2. The second-order valence-corrected chi connectivity index (χ2v) is 4.85. The van der Waals surface area contributed by atoms with Gasteiger partial charge >= 0.3 is 0 Å². The number of ketones is 1. The van der Waals surface area contributed by atoms with Gasteiger partial charge in [-0.15, -0.1) is 6.58 Å². The van der Waals surface area contributed by atoms with E-state index in [1.54, 1.807) is 6.08 Å². The van der Waals surface area contributed by atoms with Gasteiger partial charge in [-0.25, -0.2) is 5.06 Å². The molecule has 1 aromatic carbocycles. The number of carbonyl (C=O) groups is 2. The van der Waals surface area contributed by atoms with Crippen LogP contribution in [0.1, 0.15) is 18.4 Å². The molecule has 1 amide bonds. The predicted molar refractivity (Wildman–Crippen MR) is 83.8 cm³/mol. The van der Waals surface area contributed by atoms with Crippen LogP contribution in [0.3, 0.4) is 0 Å². The minimum Gasteiger partial charge on any atom is -0.376 e. The van der Waals surface area contributed by atoms with Crippen molar-refractivity contribution in [3.05, 3.63) is 48.6 Å². The second-order valence-electron chi connectivity index (χ2n) is 4.85. The second kappa shape index (κ2) is 9.87. The Kier molecular flexibility index (Phi) is 8.10. The number of hydrogen-bond acceptors (Lipinski definition) is 4. The van der Waals surface area contributed by atoms with E-state index in [2.05, 4.69) is 6.58 Å². The van der Waals surface area contributed by atoms with E-state index < -0.39 is 5.92 Å². The van der Waals surface area contributed by atoms with Crippen LogP contribution in [-0.2, 0) is 25.8 Å². The van der Waals surface area contributed by atoms with E-state index in [9.17, 15) is 9.59 Å². The maximum Gasteiger partial charge on any atom is 0.256 e. The van der Waals surface area contributed by atoms with Gasteiger partial charge in [0.05, 0.1) is 20.3 Å². The molecule has 0 saturated carbocycles. The first kappa shape index (κ1) is 18.1. The van der Waals surface area contributed by atoms with E-state index in [1.807, 2.05) is 30.3 Å². The maximum atomic E-state index is 12.2. The molecule has 0 fully saturated rings. The summed E-state index contributed by atoms with van der Waals surface area (Å²) in [7, 11) is 2.87. The van der Waals surface area contributed by atoms with E-state index in [1.165, 1.54) is 14.2 Å². The Balaban J connectivity index is 2.43. The molecular weight excluding hydrogens is 282 g/mol. The molecule has 1 aromatic rings. The molecule has 1 rings (SSSR count). The molecule has 0 N–H and O–H groups in total. The van der Waals surface area contributed by atoms with Crippen LogP contribution in [0.5, 0.6) is 0 Å². The minimum absolute atomic E-state index is 0.165. The number of hydroxylamine groups is 2. The van der Waals surface area contributed by atoms with Gasteiger partial charge in [0.2, 0.25) is 0 Å². The van der Waals surface area contributed by atoms with Crippen molar-refractivity contribution >= 4 is 11.7 Å². The predicted octanol–water partition coefficient (Wildman–Crippen LogP) is 2.37. The lowest BCUT2D eigenvalue weighted by molar-refractivity contribution is -0.174. The molecule has 22 heavy (non-hydrogen) atoms. The quantitative estimate of drug-likeness (QED) is 0.288. The Hall–Kier alpha value is -1.98. The van der Waals surface area contributed by atoms with Gasteiger partial charge in [0, 0.05) is 13.5 Å². The van der Waals surface area contributed by atoms with Crippen molar-refractivity contribution in [2.24, 2.45) is 5.92 Å². The number of nitrogens with zero attached hydrogens (tertiary/aromatic N) is 1. The van der Waals surface area contributed by atoms with Crippen molar-refractivity contribution in [3.63, 3.8) is 0 Å². The van der Waals surface area contributed by atoms with Crippen molar-refractivity contribution in [2.75, 3.05) is 20.8 Å². The zero-order valence-corrected chi connectivity index (χ0v) is 13.2. The van der Waals surface area contributed by atoms with Gasteiger partial charge in [-0.3, -0.25) is 14.4 Å². The highest BCUT2D eigenvalue weighted by atomic mass is 16.7. The van der Waals surface area contributed by atoms with Crippen LogP contribution < -0.4 is 0 Å². The van der Waals surface area contributed by atoms with Crippen molar-refractivity contribution in [3.8, 4) is 0 Å². The number of hydrogen-bond donors (Lipinski definition) is 0. The van der Waals surface area contributed by atoms with Gasteiger partial charge in [-0.05, 0) is 12.0 Å². The van der Waals surface area contributed by atoms with Crippen LogP contribution in [0, 0.1) is 5.92 Å². The Morgan fingerprint density at radius 2 is 2.00 bits per heavy atom. The van der Waals surface area contributed by atoms with Crippen LogP contribution in [0.25, 0.3) is 0 Å². The van der Waals surface area contributed by atoms with E-state index in [4.69, 9.17) is 9.57 Å². The normalized spacial score (nSPS) is 11.7. The van der Waals surface area contributed by atoms with Gasteiger partial charge in [0.1, 0.15) is 11.7 Å². The Bertz CT molecular complexity index is 487. The Morgan fingerprint density at radius 1 is 1.32 bits per heavy atom. The summed E-state index contributed by atoms with van der Waals surface area (Å²) in [5, 5.41) is 1.07. The molecular formula is C17H23NO4. The zero-order chi connectivity index (χ0) is 16.4. The molecule has 0 bridgehead atoms. The van der Waals surface area contributed by atoms with Gasteiger partial charge in [0.25, 0.3) is 5.91 Å². The molecule has 0 heterocycles. The van der Waals surface area contributed by atoms with E-state index >= 15 is 0 Å². The van der Waals surface area contributed by atoms with E-state index in [0.29, 0.717) is 13.0 Å². The lowest BCUT2D eigenvalue weighted by Gasteiger charge is -2.20. The average molecular weight is 305 g/mol. The number of ether oxygens (including phenoxy) is 1. The summed E-state index contributed by atoms with van der Waals surface area (Å²) in [6, 6.07) is 9.72. The number of carbonyl (C=O) groups excluding carboxylic acids is 2. The van der Waals surface area contributed by atoms with Crippen LogP contribution in [0.2, 0.25) is 0 Å². The van der Waals surface area contributed by atoms with E-state index in [0.717, 1.165) is 10.6 Å². The highest BCUT2D eigenvalue weighted by molar-refractivity contribution is 6.01. The monoisotopic (exact) mass is 305 g/mol. The third-order valence-electron chi connectivity index (χ3n) is 3.28. The van der Waals surface area contributed by atoms with Crippen molar-refractivity contribution in [1.29, 1.82) is 0 Å². The number of allylic oxidation sites excluding steroid dienone is 1. The summed E-state index contributed by atoms with van der Waals surface area (Å²) >= 11 is 0. The molecule has 0 radical (unpaired) electrons. The number of amides is 1. The summed E-state index contributed by atoms with van der Waals surface area (Å²) in [4.78, 5) is 29.1. The Labute approximate surface area is 131 Å². The standard InChI is InChI=1S/C17H23NO4/c1-4-8-15(17(20)18(2)21-3)16(19)11-12-22-13-14-9-6-5-7-10-14/h4-7,9-10,15H,1,8,11-13H2,2-3H3. The highest BCUT2D eigenvalue weighted by Gasteiger charge is 2.27. The van der Waals surface area contributed by atoms with Gasteiger partial charge in [0.15, 0.2) is 0 Å². The molecule has 120 valence electrons.